The first-order valence-corrected chi connectivity index (χ1v) is 8.43. The maximum absolute atomic E-state index is 12.6. The second-order valence-electron chi connectivity index (χ2n) is 5.38. The van der Waals surface area contributed by atoms with Crippen molar-refractivity contribution < 1.29 is 4.79 Å². The summed E-state index contributed by atoms with van der Waals surface area (Å²) in [5.41, 5.74) is 2.35. The minimum Gasteiger partial charge on any atom is -0.335 e. The Bertz CT molecular complexity index is 608. The third-order valence-corrected chi connectivity index (χ3v) is 5.12. The van der Waals surface area contributed by atoms with E-state index in [1.807, 2.05) is 29.5 Å². The Morgan fingerprint density at radius 1 is 1.43 bits per heavy atom. The SMILES string of the molecule is CC[C@@H]1c2ccsc2CCN1C(=O)CCc1ccccn1. The molecule has 0 bridgehead atoms. The molecule has 0 unspecified atom stereocenters. The number of carbonyl (C=O) groups excluding carboxylic acids is 1. The van der Waals surface area contributed by atoms with Gasteiger partial charge in [0, 0.05) is 29.7 Å². The van der Waals surface area contributed by atoms with Crippen molar-refractivity contribution in [2.24, 2.45) is 0 Å². The lowest BCUT2D eigenvalue weighted by Crippen LogP contribution is -2.39. The van der Waals surface area contributed by atoms with Gasteiger partial charge in [0.2, 0.25) is 5.91 Å². The highest BCUT2D eigenvalue weighted by Crippen LogP contribution is 2.35. The highest BCUT2D eigenvalue weighted by molar-refractivity contribution is 7.10. The Labute approximate surface area is 129 Å². The number of amides is 1. The summed E-state index contributed by atoms with van der Waals surface area (Å²) in [7, 11) is 0. The van der Waals surface area contributed by atoms with Gasteiger partial charge < -0.3 is 4.90 Å². The van der Waals surface area contributed by atoms with E-state index in [0.29, 0.717) is 6.42 Å². The number of pyridine rings is 1. The van der Waals surface area contributed by atoms with E-state index in [4.69, 9.17) is 0 Å². The van der Waals surface area contributed by atoms with Crippen LogP contribution in [0.3, 0.4) is 0 Å². The van der Waals surface area contributed by atoms with E-state index in [2.05, 4.69) is 28.3 Å². The molecule has 4 heteroatoms. The number of hydrogen-bond donors (Lipinski definition) is 0. The summed E-state index contributed by atoms with van der Waals surface area (Å²) in [6.07, 6.45) is 5.04. The smallest absolute Gasteiger partial charge is 0.223 e. The fourth-order valence-electron chi connectivity index (χ4n) is 3.06. The maximum atomic E-state index is 12.6. The number of aryl methyl sites for hydroxylation is 1. The summed E-state index contributed by atoms with van der Waals surface area (Å²) < 4.78 is 0. The van der Waals surface area contributed by atoms with Gasteiger partial charge in [-0.3, -0.25) is 9.78 Å². The lowest BCUT2D eigenvalue weighted by molar-refractivity contribution is -0.134. The lowest BCUT2D eigenvalue weighted by Gasteiger charge is -2.35. The number of fused-ring (bicyclic) bond motifs is 1. The van der Waals surface area contributed by atoms with Gasteiger partial charge in [-0.05, 0) is 48.4 Å². The minimum atomic E-state index is 0.254. The van der Waals surface area contributed by atoms with Gasteiger partial charge in [-0.2, -0.15) is 0 Å². The van der Waals surface area contributed by atoms with Gasteiger partial charge in [0.25, 0.3) is 0 Å². The van der Waals surface area contributed by atoms with Crippen molar-refractivity contribution in [1.29, 1.82) is 0 Å². The summed E-state index contributed by atoms with van der Waals surface area (Å²) in [5.74, 6) is 0.254. The van der Waals surface area contributed by atoms with Crippen LogP contribution in [-0.2, 0) is 17.6 Å². The molecule has 0 N–H and O–H groups in total. The molecule has 3 heterocycles. The molecule has 1 atom stereocenters. The van der Waals surface area contributed by atoms with E-state index in [0.717, 1.165) is 31.5 Å². The predicted molar refractivity (Wildman–Crippen MR) is 85.3 cm³/mol. The third kappa shape index (κ3) is 3.00. The summed E-state index contributed by atoms with van der Waals surface area (Å²) in [4.78, 5) is 20.4. The Morgan fingerprint density at radius 2 is 2.33 bits per heavy atom. The van der Waals surface area contributed by atoms with E-state index in [9.17, 15) is 4.79 Å². The normalized spacial score (nSPS) is 17.6. The van der Waals surface area contributed by atoms with Crippen molar-refractivity contribution in [3.8, 4) is 0 Å². The van der Waals surface area contributed by atoms with Crippen molar-refractivity contribution in [2.45, 2.75) is 38.6 Å². The Balaban J connectivity index is 1.67. The van der Waals surface area contributed by atoms with Crippen molar-refractivity contribution in [3.63, 3.8) is 0 Å². The highest BCUT2D eigenvalue weighted by Gasteiger charge is 2.29. The van der Waals surface area contributed by atoms with Crippen LogP contribution in [0.15, 0.2) is 35.8 Å². The van der Waals surface area contributed by atoms with Crippen LogP contribution >= 0.6 is 11.3 Å². The summed E-state index contributed by atoms with van der Waals surface area (Å²) in [6.45, 7) is 3.02. The first kappa shape index (κ1) is 14.3. The van der Waals surface area contributed by atoms with Crippen LogP contribution in [0.2, 0.25) is 0 Å². The molecule has 0 spiro atoms. The van der Waals surface area contributed by atoms with Gasteiger partial charge in [-0.15, -0.1) is 11.3 Å². The number of carbonyl (C=O) groups is 1. The number of nitrogens with zero attached hydrogens (tertiary/aromatic N) is 2. The lowest BCUT2D eigenvalue weighted by atomic mass is 9.97. The fourth-order valence-corrected chi connectivity index (χ4v) is 3.99. The molecule has 2 aromatic heterocycles. The molecule has 2 aromatic rings. The molecule has 1 aliphatic heterocycles. The Hall–Kier alpha value is -1.68. The van der Waals surface area contributed by atoms with E-state index in [-0.39, 0.29) is 11.9 Å². The van der Waals surface area contributed by atoms with Gasteiger partial charge in [-0.1, -0.05) is 13.0 Å². The largest absolute Gasteiger partial charge is 0.335 e. The quantitative estimate of drug-likeness (QED) is 0.864. The van der Waals surface area contributed by atoms with Crippen molar-refractivity contribution in [2.75, 3.05) is 6.54 Å². The van der Waals surface area contributed by atoms with Crippen LogP contribution in [0.25, 0.3) is 0 Å². The van der Waals surface area contributed by atoms with Crippen LogP contribution in [0.4, 0.5) is 0 Å². The number of hydrogen-bond acceptors (Lipinski definition) is 3. The van der Waals surface area contributed by atoms with E-state index >= 15 is 0 Å². The van der Waals surface area contributed by atoms with E-state index < -0.39 is 0 Å². The van der Waals surface area contributed by atoms with Gasteiger partial charge >= 0.3 is 0 Å². The van der Waals surface area contributed by atoms with Crippen LogP contribution in [0.5, 0.6) is 0 Å². The molecule has 1 aliphatic rings. The van der Waals surface area contributed by atoms with Crippen molar-refractivity contribution >= 4 is 17.2 Å². The molecule has 0 fully saturated rings. The molecule has 0 saturated heterocycles. The highest BCUT2D eigenvalue weighted by atomic mass is 32.1. The molecule has 3 rings (SSSR count). The molecule has 0 saturated carbocycles. The molecule has 21 heavy (non-hydrogen) atoms. The molecule has 1 amide bonds. The monoisotopic (exact) mass is 300 g/mol. The van der Waals surface area contributed by atoms with E-state index in [1.54, 1.807) is 6.20 Å². The predicted octanol–water partition coefficient (Wildman–Crippen LogP) is 3.61. The Kier molecular flexibility index (Phi) is 4.34. The van der Waals surface area contributed by atoms with Crippen LogP contribution in [0.1, 0.15) is 41.9 Å². The zero-order valence-electron chi connectivity index (χ0n) is 12.3. The summed E-state index contributed by atoms with van der Waals surface area (Å²) >= 11 is 1.82. The molecule has 0 aromatic carbocycles. The average molecular weight is 300 g/mol. The second kappa shape index (κ2) is 6.39. The van der Waals surface area contributed by atoms with E-state index in [1.165, 1.54) is 10.4 Å². The van der Waals surface area contributed by atoms with Gasteiger partial charge in [0.1, 0.15) is 0 Å². The number of thiophene rings is 1. The van der Waals surface area contributed by atoms with Crippen LogP contribution < -0.4 is 0 Å². The Morgan fingerprint density at radius 3 is 3.10 bits per heavy atom. The molecular weight excluding hydrogens is 280 g/mol. The molecule has 0 radical (unpaired) electrons. The number of aromatic nitrogens is 1. The van der Waals surface area contributed by atoms with Crippen molar-refractivity contribution in [3.05, 3.63) is 52.0 Å². The van der Waals surface area contributed by atoms with Gasteiger partial charge in [-0.25, -0.2) is 0 Å². The topological polar surface area (TPSA) is 33.2 Å². The van der Waals surface area contributed by atoms with Gasteiger partial charge in [0.05, 0.1) is 6.04 Å². The van der Waals surface area contributed by atoms with Crippen molar-refractivity contribution in [1.82, 2.24) is 9.88 Å². The standard InChI is InChI=1S/C17H20N2OS/c1-2-15-14-9-12-21-16(14)8-11-19(15)17(20)7-6-13-5-3-4-10-18-13/h3-5,9-10,12,15H,2,6-8,11H2,1H3/t15-/m1/s1. The zero-order chi connectivity index (χ0) is 14.7. The van der Waals surface area contributed by atoms with Crippen LogP contribution in [-0.4, -0.2) is 22.3 Å². The van der Waals surface area contributed by atoms with Crippen LogP contribution in [0, 0.1) is 0 Å². The zero-order valence-corrected chi connectivity index (χ0v) is 13.1. The van der Waals surface area contributed by atoms with Gasteiger partial charge in [0.15, 0.2) is 0 Å². The number of rotatable bonds is 4. The molecule has 0 aliphatic carbocycles. The minimum absolute atomic E-state index is 0.254. The molecule has 110 valence electrons. The molecular formula is C17H20N2OS. The fraction of sp³-hybridized carbons (Fsp3) is 0.412. The first-order valence-electron chi connectivity index (χ1n) is 7.55. The second-order valence-corrected chi connectivity index (χ2v) is 6.38. The summed E-state index contributed by atoms with van der Waals surface area (Å²) in [6, 6.07) is 8.31. The average Bonchev–Trinajstić information content (AvgIpc) is 3.01. The summed E-state index contributed by atoms with van der Waals surface area (Å²) in [5, 5.41) is 2.15. The molecule has 3 nitrogen and oxygen atoms in total. The first-order chi connectivity index (χ1) is 10.3. The maximum Gasteiger partial charge on any atom is 0.223 e. The third-order valence-electron chi connectivity index (χ3n) is 4.12.